The van der Waals surface area contributed by atoms with Gasteiger partial charge in [-0.15, -0.1) is 0 Å². The number of aryl methyl sites for hydroxylation is 1. The van der Waals surface area contributed by atoms with Crippen molar-refractivity contribution in [2.24, 2.45) is 0 Å². The van der Waals surface area contributed by atoms with Crippen LogP contribution in [-0.4, -0.2) is 29.2 Å². The van der Waals surface area contributed by atoms with Crippen LogP contribution in [0.5, 0.6) is 0 Å². The molecule has 21 heavy (non-hydrogen) atoms. The number of nitrogens with two attached hydrogens (primary N) is 1. The Morgan fingerprint density at radius 3 is 2.48 bits per heavy atom. The predicted molar refractivity (Wildman–Crippen MR) is 78.8 cm³/mol. The number of hydrogen-bond donors (Lipinski definition) is 1. The van der Waals surface area contributed by atoms with E-state index in [2.05, 4.69) is 16.0 Å². The Labute approximate surface area is 123 Å². The number of rotatable bonds is 2. The van der Waals surface area contributed by atoms with Gasteiger partial charge in [-0.3, -0.25) is 0 Å². The number of sulfonamides is 1. The van der Waals surface area contributed by atoms with Gasteiger partial charge < -0.3 is 5.73 Å². The van der Waals surface area contributed by atoms with Crippen molar-refractivity contribution in [3.8, 4) is 0 Å². The lowest BCUT2D eigenvalue weighted by molar-refractivity contribution is 0.409. The average Bonchev–Trinajstić information content (AvgIpc) is 2.70. The third-order valence-electron chi connectivity index (χ3n) is 3.60. The lowest BCUT2D eigenvalue weighted by Gasteiger charge is -2.20. The highest BCUT2D eigenvalue weighted by Crippen LogP contribution is 2.23. The maximum Gasteiger partial charge on any atom is 0.246 e. The van der Waals surface area contributed by atoms with Crippen LogP contribution in [0.3, 0.4) is 0 Å². The third kappa shape index (κ3) is 2.74. The standard InChI is InChI=1S/C14H16N4O2S/c15-14-16-8-13(9-17-14)21(19,20)18-7-3-6-11-4-1-2-5-12(11)10-18/h1-2,4-5,8-9H,3,6-7,10H2,(H2,15,16,17). The summed E-state index contributed by atoms with van der Waals surface area (Å²) in [5.41, 5.74) is 7.67. The fraction of sp³-hybridized carbons (Fsp3) is 0.286. The van der Waals surface area contributed by atoms with Crippen molar-refractivity contribution in [2.75, 3.05) is 12.3 Å². The first-order chi connectivity index (χ1) is 10.1. The molecule has 0 spiro atoms. The first-order valence-electron chi connectivity index (χ1n) is 6.72. The molecule has 0 saturated heterocycles. The van der Waals surface area contributed by atoms with E-state index in [1.54, 1.807) is 0 Å². The van der Waals surface area contributed by atoms with Crippen LogP contribution >= 0.6 is 0 Å². The number of nitrogen functional groups attached to an aromatic ring is 1. The monoisotopic (exact) mass is 304 g/mol. The van der Waals surface area contributed by atoms with Crippen molar-refractivity contribution in [1.29, 1.82) is 0 Å². The molecule has 1 aliphatic rings. The molecular formula is C14H16N4O2S. The van der Waals surface area contributed by atoms with Gasteiger partial charge in [0.1, 0.15) is 4.90 Å². The molecule has 0 atom stereocenters. The molecule has 6 nitrogen and oxygen atoms in total. The maximum atomic E-state index is 12.7. The lowest BCUT2D eigenvalue weighted by atomic mass is 10.0. The van der Waals surface area contributed by atoms with Gasteiger partial charge in [-0.2, -0.15) is 4.31 Å². The molecule has 7 heteroatoms. The van der Waals surface area contributed by atoms with Crippen LogP contribution in [-0.2, 0) is 23.0 Å². The van der Waals surface area contributed by atoms with E-state index in [1.165, 1.54) is 22.3 Å². The van der Waals surface area contributed by atoms with E-state index >= 15 is 0 Å². The van der Waals surface area contributed by atoms with Crippen molar-refractivity contribution < 1.29 is 8.42 Å². The number of hydrogen-bond acceptors (Lipinski definition) is 5. The van der Waals surface area contributed by atoms with Gasteiger partial charge in [0.25, 0.3) is 0 Å². The van der Waals surface area contributed by atoms with E-state index in [0.29, 0.717) is 13.1 Å². The molecule has 0 radical (unpaired) electrons. The molecule has 1 aliphatic heterocycles. The quantitative estimate of drug-likeness (QED) is 0.900. The highest BCUT2D eigenvalue weighted by atomic mass is 32.2. The summed E-state index contributed by atoms with van der Waals surface area (Å²) in [6.07, 6.45) is 4.20. The maximum absolute atomic E-state index is 12.7. The summed E-state index contributed by atoms with van der Waals surface area (Å²) in [5, 5.41) is 0. The van der Waals surface area contributed by atoms with Gasteiger partial charge in [0, 0.05) is 13.1 Å². The van der Waals surface area contributed by atoms with Crippen molar-refractivity contribution >= 4 is 16.0 Å². The molecule has 1 aromatic carbocycles. The van der Waals surface area contributed by atoms with Crippen LogP contribution in [0, 0.1) is 0 Å². The van der Waals surface area contributed by atoms with Crippen LogP contribution in [0.15, 0.2) is 41.6 Å². The zero-order valence-electron chi connectivity index (χ0n) is 11.4. The Morgan fingerprint density at radius 1 is 1.10 bits per heavy atom. The summed E-state index contributed by atoms with van der Waals surface area (Å²) in [4.78, 5) is 7.62. The Bertz CT molecular complexity index is 744. The number of fused-ring (bicyclic) bond motifs is 1. The first kappa shape index (κ1) is 14.0. The van der Waals surface area contributed by atoms with Crippen molar-refractivity contribution in [2.45, 2.75) is 24.3 Å². The predicted octanol–water partition coefficient (Wildman–Crippen LogP) is 1.20. The van der Waals surface area contributed by atoms with Crippen LogP contribution in [0.1, 0.15) is 17.5 Å². The van der Waals surface area contributed by atoms with Crippen molar-refractivity contribution in [1.82, 2.24) is 14.3 Å². The summed E-state index contributed by atoms with van der Waals surface area (Å²) >= 11 is 0. The van der Waals surface area contributed by atoms with Crippen LogP contribution in [0.2, 0.25) is 0 Å². The van der Waals surface area contributed by atoms with Crippen LogP contribution in [0.25, 0.3) is 0 Å². The zero-order chi connectivity index (χ0) is 14.9. The highest BCUT2D eigenvalue weighted by Gasteiger charge is 2.27. The molecule has 2 heterocycles. The van der Waals surface area contributed by atoms with Gasteiger partial charge in [0.2, 0.25) is 16.0 Å². The Kier molecular flexibility index (Phi) is 3.60. The first-order valence-corrected chi connectivity index (χ1v) is 8.16. The SMILES string of the molecule is Nc1ncc(S(=O)(=O)N2CCCc3ccccc3C2)cn1. The van der Waals surface area contributed by atoms with Gasteiger partial charge in [-0.25, -0.2) is 18.4 Å². The molecule has 0 saturated carbocycles. The van der Waals surface area contributed by atoms with E-state index < -0.39 is 10.0 Å². The minimum atomic E-state index is -3.59. The molecular weight excluding hydrogens is 288 g/mol. The van der Waals surface area contributed by atoms with Gasteiger partial charge in [-0.05, 0) is 24.0 Å². The number of nitrogens with zero attached hydrogens (tertiary/aromatic N) is 3. The largest absolute Gasteiger partial charge is 0.368 e. The molecule has 2 aromatic rings. The fourth-order valence-electron chi connectivity index (χ4n) is 2.48. The summed E-state index contributed by atoms with van der Waals surface area (Å²) in [7, 11) is -3.59. The molecule has 0 unspecified atom stereocenters. The molecule has 110 valence electrons. The average molecular weight is 304 g/mol. The van der Waals surface area contributed by atoms with Crippen LogP contribution < -0.4 is 5.73 Å². The fourth-order valence-corrected chi connectivity index (χ4v) is 3.83. The lowest BCUT2D eigenvalue weighted by Crippen LogP contribution is -2.31. The van der Waals surface area contributed by atoms with E-state index in [4.69, 9.17) is 5.73 Å². The molecule has 0 fully saturated rings. The minimum absolute atomic E-state index is 0.0650. The molecule has 2 N–H and O–H groups in total. The zero-order valence-corrected chi connectivity index (χ0v) is 12.3. The third-order valence-corrected chi connectivity index (χ3v) is 5.40. The van der Waals surface area contributed by atoms with E-state index in [1.807, 2.05) is 18.2 Å². The van der Waals surface area contributed by atoms with Crippen molar-refractivity contribution in [3.63, 3.8) is 0 Å². The molecule has 1 aromatic heterocycles. The van der Waals surface area contributed by atoms with E-state index in [0.717, 1.165) is 18.4 Å². The van der Waals surface area contributed by atoms with E-state index in [-0.39, 0.29) is 10.8 Å². The highest BCUT2D eigenvalue weighted by molar-refractivity contribution is 7.89. The number of anilines is 1. The summed E-state index contributed by atoms with van der Waals surface area (Å²) < 4.78 is 26.8. The topological polar surface area (TPSA) is 89.2 Å². The summed E-state index contributed by atoms with van der Waals surface area (Å²) in [5.74, 6) is 0.0650. The van der Waals surface area contributed by atoms with Gasteiger partial charge in [-0.1, -0.05) is 24.3 Å². The van der Waals surface area contributed by atoms with Crippen molar-refractivity contribution in [3.05, 3.63) is 47.8 Å². The van der Waals surface area contributed by atoms with Gasteiger partial charge >= 0.3 is 0 Å². The number of aromatic nitrogens is 2. The van der Waals surface area contributed by atoms with Gasteiger partial charge in [0.05, 0.1) is 12.4 Å². The van der Waals surface area contributed by atoms with Crippen LogP contribution in [0.4, 0.5) is 5.95 Å². The minimum Gasteiger partial charge on any atom is -0.368 e. The number of benzene rings is 1. The molecule has 0 aliphatic carbocycles. The Balaban J connectivity index is 1.94. The normalized spacial score (nSPS) is 16.2. The summed E-state index contributed by atoms with van der Waals surface area (Å²) in [6.45, 7) is 0.865. The summed E-state index contributed by atoms with van der Waals surface area (Å²) in [6, 6.07) is 7.94. The van der Waals surface area contributed by atoms with Gasteiger partial charge in [0.15, 0.2) is 0 Å². The molecule has 0 amide bonds. The second-order valence-electron chi connectivity index (χ2n) is 4.99. The van der Waals surface area contributed by atoms with E-state index in [9.17, 15) is 8.42 Å². The molecule has 3 rings (SSSR count). The molecule has 0 bridgehead atoms. The second-order valence-corrected chi connectivity index (χ2v) is 6.93. The smallest absolute Gasteiger partial charge is 0.246 e. The Morgan fingerprint density at radius 2 is 1.76 bits per heavy atom. The Hall–Kier alpha value is -1.99. The second kappa shape index (κ2) is 5.42.